The Hall–Kier alpha value is -0.820. The maximum absolute atomic E-state index is 5.99. The first-order valence-corrected chi connectivity index (χ1v) is 4.47. The van der Waals surface area contributed by atoms with Gasteiger partial charge in [0.2, 0.25) is 0 Å². The highest BCUT2D eigenvalue weighted by molar-refractivity contribution is 6.69. The van der Waals surface area contributed by atoms with Gasteiger partial charge in [-0.15, -0.1) is 0 Å². The Balaban J connectivity index is 2.53. The minimum atomic E-state index is 0.326. The quantitative estimate of drug-likeness (QED) is 0.581. The maximum atomic E-state index is 5.99. The minimum absolute atomic E-state index is 0.326. The van der Waals surface area contributed by atoms with Gasteiger partial charge in [-0.3, -0.25) is 4.99 Å². The maximum Gasteiger partial charge on any atom is 0.131 e. The zero-order valence-electron chi connectivity index (χ0n) is 6.92. The van der Waals surface area contributed by atoms with Crippen LogP contribution in [-0.4, -0.2) is 11.2 Å². The second-order valence-electron chi connectivity index (χ2n) is 3.13. The molecule has 0 bridgehead atoms. The molecule has 1 atom stereocenters. The predicted octanol–water partition coefficient (Wildman–Crippen LogP) is 2.62. The molecule has 0 saturated heterocycles. The molecule has 0 N–H and O–H groups in total. The van der Waals surface area contributed by atoms with Crippen LogP contribution in [0.4, 0.5) is 0 Å². The summed E-state index contributed by atoms with van der Waals surface area (Å²) in [5, 5.41) is 0.657. The summed E-state index contributed by atoms with van der Waals surface area (Å²) in [6.45, 7) is 2.08. The van der Waals surface area contributed by atoms with Crippen LogP contribution in [0.15, 0.2) is 29.3 Å². The average Bonchev–Trinajstić information content (AvgIpc) is 2.04. The van der Waals surface area contributed by atoms with Gasteiger partial charge in [0.15, 0.2) is 0 Å². The Bertz CT molecular complexity index is 330. The lowest BCUT2D eigenvalue weighted by Crippen LogP contribution is -2.14. The van der Waals surface area contributed by atoms with Crippen molar-refractivity contribution < 1.29 is 0 Å². The van der Waals surface area contributed by atoms with Crippen molar-refractivity contribution >= 4 is 16.8 Å². The molecule has 62 valence electrons. The van der Waals surface area contributed by atoms with E-state index in [1.807, 2.05) is 18.2 Å². The average molecular weight is 180 g/mol. The van der Waals surface area contributed by atoms with Crippen LogP contribution in [0.2, 0.25) is 0 Å². The second kappa shape index (κ2) is 2.91. The Morgan fingerprint density at radius 2 is 2.17 bits per heavy atom. The van der Waals surface area contributed by atoms with E-state index in [1.54, 1.807) is 0 Å². The molecular weight excluding hydrogens is 170 g/mol. The highest BCUT2D eigenvalue weighted by atomic mass is 35.5. The first kappa shape index (κ1) is 7.81. The van der Waals surface area contributed by atoms with E-state index >= 15 is 0 Å². The Morgan fingerprint density at radius 1 is 1.42 bits per heavy atom. The van der Waals surface area contributed by atoms with Gasteiger partial charge in [-0.1, -0.05) is 35.9 Å². The summed E-state index contributed by atoms with van der Waals surface area (Å²) in [6, 6.07) is 8.50. The van der Waals surface area contributed by atoms with Crippen LogP contribution in [0.3, 0.4) is 0 Å². The van der Waals surface area contributed by atoms with Crippen LogP contribution >= 0.6 is 11.6 Å². The fourth-order valence-corrected chi connectivity index (χ4v) is 1.88. The van der Waals surface area contributed by atoms with Crippen LogP contribution in [0, 0.1) is 0 Å². The molecule has 0 aromatic heterocycles. The van der Waals surface area contributed by atoms with Gasteiger partial charge in [-0.2, -0.15) is 0 Å². The largest absolute Gasteiger partial charge is 0.269 e. The van der Waals surface area contributed by atoms with E-state index in [0.29, 0.717) is 11.2 Å². The van der Waals surface area contributed by atoms with Gasteiger partial charge >= 0.3 is 0 Å². The summed E-state index contributed by atoms with van der Waals surface area (Å²) in [7, 11) is 0. The lowest BCUT2D eigenvalue weighted by molar-refractivity contribution is 0.731. The predicted molar refractivity (Wildman–Crippen MR) is 52.0 cm³/mol. The number of rotatable bonds is 0. The number of benzene rings is 1. The summed E-state index contributed by atoms with van der Waals surface area (Å²) in [6.07, 6.45) is 1.01. The molecular formula is C10H10ClN. The van der Waals surface area contributed by atoms with E-state index in [4.69, 9.17) is 11.6 Å². The van der Waals surface area contributed by atoms with Crippen molar-refractivity contribution in [1.29, 1.82) is 0 Å². The molecule has 12 heavy (non-hydrogen) atoms. The third kappa shape index (κ3) is 1.25. The molecule has 0 aliphatic carbocycles. The first-order chi connectivity index (χ1) is 5.77. The Labute approximate surface area is 77.1 Å². The fourth-order valence-electron chi connectivity index (χ4n) is 1.53. The van der Waals surface area contributed by atoms with Crippen LogP contribution in [-0.2, 0) is 6.42 Å². The molecule has 1 aliphatic heterocycles. The molecule has 1 aromatic rings. The molecule has 2 rings (SSSR count). The van der Waals surface area contributed by atoms with E-state index < -0.39 is 0 Å². The smallest absolute Gasteiger partial charge is 0.131 e. The lowest BCUT2D eigenvalue weighted by atomic mass is 9.99. The summed E-state index contributed by atoms with van der Waals surface area (Å²) >= 11 is 5.99. The highest BCUT2D eigenvalue weighted by Gasteiger charge is 2.15. The monoisotopic (exact) mass is 179 g/mol. The third-order valence-electron chi connectivity index (χ3n) is 2.09. The Morgan fingerprint density at radius 3 is 3.00 bits per heavy atom. The van der Waals surface area contributed by atoms with Gasteiger partial charge in [0.1, 0.15) is 5.17 Å². The van der Waals surface area contributed by atoms with Crippen molar-refractivity contribution in [3.05, 3.63) is 35.4 Å². The minimum Gasteiger partial charge on any atom is -0.269 e. The molecule has 1 nitrogen and oxygen atoms in total. The highest BCUT2D eigenvalue weighted by Crippen LogP contribution is 2.20. The number of aliphatic imine (C=N–C) groups is 1. The van der Waals surface area contributed by atoms with E-state index in [1.165, 1.54) is 5.56 Å². The molecule has 1 unspecified atom stereocenters. The zero-order chi connectivity index (χ0) is 8.55. The lowest BCUT2D eigenvalue weighted by Gasteiger charge is -2.16. The van der Waals surface area contributed by atoms with Crippen molar-refractivity contribution in [2.45, 2.75) is 19.4 Å². The normalized spacial score (nSPS) is 21.5. The van der Waals surface area contributed by atoms with Crippen LogP contribution in [0.25, 0.3) is 0 Å². The number of hydrogen-bond donors (Lipinski definition) is 0. The molecule has 0 saturated carbocycles. The van der Waals surface area contributed by atoms with Gasteiger partial charge in [0.05, 0.1) is 6.04 Å². The van der Waals surface area contributed by atoms with E-state index in [9.17, 15) is 0 Å². The molecule has 1 aliphatic rings. The van der Waals surface area contributed by atoms with Crippen molar-refractivity contribution in [2.24, 2.45) is 4.99 Å². The van der Waals surface area contributed by atoms with Gasteiger partial charge in [0.25, 0.3) is 0 Å². The molecule has 0 amide bonds. The topological polar surface area (TPSA) is 12.4 Å². The standard InChI is InChI=1S/C10H10ClN/c1-7-6-8-4-2-3-5-9(8)10(11)12-7/h2-5,7H,6H2,1H3. The van der Waals surface area contributed by atoms with Gasteiger partial charge in [-0.05, 0) is 18.9 Å². The first-order valence-electron chi connectivity index (χ1n) is 4.09. The number of hydrogen-bond acceptors (Lipinski definition) is 1. The molecule has 2 heteroatoms. The molecule has 0 spiro atoms. The number of halogens is 1. The summed E-state index contributed by atoms with van der Waals surface area (Å²) < 4.78 is 0. The van der Waals surface area contributed by atoms with Crippen LogP contribution < -0.4 is 0 Å². The zero-order valence-corrected chi connectivity index (χ0v) is 7.67. The van der Waals surface area contributed by atoms with Crippen molar-refractivity contribution in [3.63, 3.8) is 0 Å². The van der Waals surface area contributed by atoms with Crippen LogP contribution in [0.1, 0.15) is 18.1 Å². The summed E-state index contributed by atoms with van der Waals surface area (Å²) in [5.74, 6) is 0. The second-order valence-corrected chi connectivity index (χ2v) is 3.49. The molecule has 1 heterocycles. The van der Waals surface area contributed by atoms with Gasteiger partial charge < -0.3 is 0 Å². The molecule has 0 fully saturated rings. The summed E-state index contributed by atoms with van der Waals surface area (Å²) in [5.41, 5.74) is 2.40. The van der Waals surface area contributed by atoms with Gasteiger partial charge in [-0.25, -0.2) is 0 Å². The van der Waals surface area contributed by atoms with Crippen molar-refractivity contribution in [1.82, 2.24) is 0 Å². The van der Waals surface area contributed by atoms with E-state index in [0.717, 1.165) is 12.0 Å². The van der Waals surface area contributed by atoms with Gasteiger partial charge in [0, 0.05) is 5.56 Å². The van der Waals surface area contributed by atoms with E-state index in [2.05, 4.69) is 18.0 Å². The van der Waals surface area contributed by atoms with Crippen LogP contribution in [0.5, 0.6) is 0 Å². The number of fused-ring (bicyclic) bond motifs is 1. The summed E-state index contributed by atoms with van der Waals surface area (Å²) in [4.78, 5) is 4.31. The Kier molecular flexibility index (Phi) is 1.89. The van der Waals surface area contributed by atoms with E-state index in [-0.39, 0.29) is 0 Å². The van der Waals surface area contributed by atoms with Crippen molar-refractivity contribution in [3.8, 4) is 0 Å². The molecule has 0 radical (unpaired) electrons. The third-order valence-corrected chi connectivity index (χ3v) is 2.39. The molecule has 1 aromatic carbocycles. The number of nitrogens with zero attached hydrogens (tertiary/aromatic N) is 1. The van der Waals surface area contributed by atoms with Crippen molar-refractivity contribution in [2.75, 3.05) is 0 Å². The SMILES string of the molecule is CC1Cc2ccccc2C(Cl)=N1. The fraction of sp³-hybridized carbons (Fsp3) is 0.300.